The quantitative estimate of drug-likeness (QED) is 0.239. The number of carbonyl (C=O) groups excluding carboxylic acids is 2. The van der Waals surface area contributed by atoms with Crippen LogP contribution in [0.15, 0.2) is 36.4 Å². The van der Waals surface area contributed by atoms with E-state index in [1.165, 1.54) is 0 Å². The molecule has 2 rings (SSSR count). The van der Waals surface area contributed by atoms with E-state index < -0.39 is 29.2 Å². The van der Waals surface area contributed by atoms with Crippen molar-refractivity contribution in [1.29, 1.82) is 0 Å². The lowest BCUT2D eigenvalue weighted by atomic mass is 10.1. The van der Waals surface area contributed by atoms with Gasteiger partial charge in [0.1, 0.15) is 5.56 Å². The zero-order valence-corrected chi connectivity index (χ0v) is 16.0. The van der Waals surface area contributed by atoms with Crippen molar-refractivity contribution in [2.45, 2.75) is 12.8 Å². The van der Waals surface area contributed by atoms with Crippen molar-refractivity contribution in [1.82, 2.24) is 0 Å². The van der Waals surface area contributed by atoms with Crippen LogP contribution in [0.3, 0.4) is 0 Å². The Hall–Kier alpha value is -2.28. The number of carboxylic acids is 1. The zero-order chi connectivity index (χ0) is 20.0. The van der Waals surface area contributed by atoms with Crippen molar-refractivity contribution in [2.24, 2.45) is 0 Å². The number of carbonyl (C=O) groups is 3. The predicted octanol–water partition coefficient (Wildman–Crippen LogP) is 4.43. The van der Waals surface area contributed by atoms with E-state index in [-0.39, 0.29) is 21.7 Å². The van der Waals surface area contributed by atoms with E-state index in [1.54, 1.807) is 0 Å². The van der Waals surface area contributed by atoms with E-state index in [0.29, 0.717) is 12.8 Å². The Kier molecular flexibility index (Phi) is 7.47. The second-order valence-electron chi connectivity index (χ2n) is 5.28. The van der Waals surface area contributed by atoms with Crippen molar-refractivity contribution in [3.63, 3.8) is 0 Å². The maximum Gasteiger partial charge on any atom is 0.422 e. The molecule has 2 aromatic carbocycles. The van der Waals surface area contributed by atoms with Crippen LogP contribution in [0.4, 0.5) is 0 Å². The van der Waals surface area contributed by atoms with Gasteiger partial charge in [0.2, 0.25) is 0 Å². The molecule has 0 aliphatic rings. The molecular weight excluding hydrogens is 419 g/mol. The van der Waals surface area contributed by atoms with Gasteiger partial charge in [-0.2, -0.15) is 0 Å². The van der Waals surface area contributed by atoms with Crippen LogP contribution in [0.2, 0.25) is 15.1 Å². The number of esters is 2. The van der Waals surface area contributed by atoms with Gasteiger partial charge in [-0.1, -0.05) is 65.1 Å². The summed E-state index contributed by atoms with van der Waals surface area (Å²) < 4.78 is 9.80. The van der Waals surface area contributed by atoms with Crippen LogP contribution in [0.5, 0.6) is 5.75 Å². The highest BCUT2D eigenvalue weighted by molar-refractivity contribution is 6.46. The molecule has 27 heavy (non-hydrogen) atoms. The Balaban J connectivity index is 2.13. The molecule has 0 aromatic heterocycles. The highest BCUT2D eigenvalue weighted by Crippen LogP contribution is 2.39. The Bertz CT molecular complexity index is 867. The van der Waals surface area contributed by atoms with Crippen LogP contribution in [0.1, 0.15) is 22.3 Å². The summed E-state index contributed by atoms with van der Waals surface area (Å²) in [6, 6.07) is 10.7. The van der Waals surface area contributed by atoms with Gasteiger partial charge >= 0.3 is 17.9 Å². The Morgan fingerprint density at radius 1 is 1.00 bits per heavy atom. The van der Waals surface area contributed by atoms with Crippen molar-refractivity contribution in [3.05, 3.63) is 62.6 Å². The van der Waals surface area contributed by atoms with E-state index in [0.717, 1.165) is 11.6 Å². The van der Waals surface area contributed by atoms with E-state index in [9.17, 15) is 14.4 Å². The second-order valence-corrected chi connectivity index (χ2v) is 6.47. The number of hydrogen-bond acceptors (Lipinski definition) is 5. The molecule has 0 unspecified atom stereocenters. The molecule has 0 aliphatic carbocycles. The number of benzene rings is 2. The first-order chi connectivity index (χ1) is 12.8. The maximum absolute atomic E-state index is 12.4. The normalized spacial score (nSPS) is 10.3. The van der Waals surface area contributed by atoms with Crippen LogP contribution in [-0.2, 0) is 20.7 Å². The van der Waals surface area contributed by atoms with E-state index in [2.05, 4.69) is 4.74 Å². The minimum absolute atomic E-state index is 0.0561. The lowest BCUT2D eigenvalue weighted by Gasteiger charge is -2.13. The molecular formula is C18H13Cl3O6. The molecule has 1 N–H and O–H groups in total. The fourth-order valence-electron chi connectivity index (χ4n) is 2.16. The smallest absolute Gasteiger partial charge is 0.422 e. The molecule has 0 saturated heterocycles. The highest BCUT2D eigenvalue weighted by Gasteiger charge is 2.27. The molecule has 0 amide bonds. The number of halogens is 3. The molecule has 0 heterocycles. The standard InChI is InChI=1S/C18H13Cl3O6/c19-11-9-12(20)15(27-18(25)16(22)23)13(14(11)21)17(24)26-8-4-7-10-5-2-1-3-6-10/h1-3,5-6,9H,4,7-8H2,(H,22,23). The summed E-state index contributed by atoms with van der Waals surface area (Å²) in [5.74, 6) is -4.95. The van der Waals surface area contributed by atoms with Crippen molar-refractivity contribution < 1.29 is 29.0 Å². The first kappa shape index (κ1) is 21.0. The number of carboxylic acid groups (broad SMARTS) is 1. The van der Waals surface area contributed by atoms with E-state index in [4.69, 9.17) is 44.6 Å². The van der Waals surface area contributed by atoms with Crippen LogP contribution in [-0.4, -0.2) is 29.6 Å². The van der Waals surface area contributed by atoms with Crippen LogP contribution in [0, 0.1) is 0 Å². The van der Waals surface area contributed by atoms with Gasteiger partial charge in [-0.25, -0.2) is 14.4 Å². The molecule has 0 bridgehead atoms. The summed E-state index contributed by atoms with van der Waals surface area (Å²) in [4.78, 5) is 34.4. The SMILES string of the molecule is O=C(O)C(=O)Oc1c(Cl)cc(Cl)c(Cl)c1C(=O)OCCCc1ccccc1. The van der Waals surface area contributed by atoms with Gasteiger partial charge in [0, 0.05) is 0 Å². The topological polar surface area (TPSA) is 89.9 Å². The predicted molar refractivity (Wildman–Crippen MR) is 99.8 cm³/mol. The van der Waals surface area contributed by atoms with Gasteiger partial charge in [-0.05, 0) is 24.5 Å². The summed E-state index contributed by atoms with van der Waals surface area (Å²) >= 11 is 17.8. The number of aryl methyl sites for hydroxylation is 1. The minimum atomic E-state index is -1.86. The summed E-state index contributed by atoms with van der Waals surface area (Å²) in [7, 11) is 0. The number of hydrogen-bond donors (Lipinski definition) is 1. The Labute approximate surface area is 169 Å². The van der Waals surface area contributed by atoms with Gasteiger partial charge in [0.25, 0.3) is 0 Å². The Morgan fingerprint density at radius 2 is 1.67 bits per heavy atom. The molecule has 9 heteroatoms. The summed E-state index contributed by atoms with van der Waals surface area (Å²) in [5.41, 5.74) is 0.664. The molecule has 2 aromatic rings. The maximum atomic E-state index is 12.4. The van der Waals surface area contributed by atoms with Gasteiger partial charge < -0.3 is 14.6 Å². The second kappa shape index (κ2) is 9.60. The average Bonchev–Trinajstić information content (AvgIpc) is 2.64. The van der Waals surface area contributed by atoms with Crippen LogP contribution >= 0.6 is 34.8 Å². The number of rotatable bonds is 6. The number of ether oxygens (including phenoxy) is 2. The Morgan fingerprint density at radius 3 is 2.30 bits per heavy atom. The summed E-state index contributed by atoms with van der Waals surface area (Å²) in [6.07, 6.45) is 1.21. The lowest BCUT2D eigenvalue weighted by Crippen LogP contribution is -2.21. The average molecular weight is 432 g/mol. The van der Waals surface area contributed by atoms with Crippen LogP contribution < -0.4 is 4.74 Å². The van der Waals surface area contributed by atoms with Crippen molar-refractivity contribution in [3.8, 4) is 5.75 Å². The summed E-state index contributed by atoms with van der Waals surface area (Å²) in [5, 5.41) is 8.08. The molecule has 0 atom stereocenters. The van der Waals surface area contributed by atoms with E-state index in [1.807, 2.05) is 30.3 Å². The third-order valence-electron chi connectivity index (χ3n) is 3.39. The summed E-state index contributed by atoms with van der Waals surface area (Å²) in [6.45, 7) is 0.0561. The van der Waals surface area contributed by atoms with Gasteiger partial charge in [0.15, 0.2) is 5.75 Å². The van der Waals surface area contributed by atoms with Crippen molar-refractivity contribution in [2.75, 3.05) is 6.61 Å². The third-order valence-corrected chi connectivity index (χ3v) is 4.45. The minimum Gasteiger partial charge on any atom is -0.473 e. The van der Waals surface area contributed by atoms with Crippen molar-refractivity contribution >= 4 is 52.7 Å². The van der Waals surface area contributed by atoms with Gasteiger partial charge in [-0.3, -0.25) is 0 Å². The third kappa shape index (κ3) is 5.60. The molecule has 0 radical (unpaired) electrons. The van der Waals surface area contributed by atoms with E-state index >= 15 is 0 Å². The first-order valence-electron chi connectivity index (χ1n) is 7.65. The largest absolute Gasteiger partial charge is 0.473 e. The lowest BCUT2D eigenvalue weighted by molar-refractivity contribution is -0.158. The highest BCUT2D eigenvalue weighted by atomic mass is 35.5. The van der Waals surface area contributed by atoms with Gasteiger partial charge in [0.05, 0.1) is 21.7 Å². The zero-order valence-electron chi connectivity index (χ0n) is 13.7. The molecule has 0 aliphatic heterocycles. The number of aliphatic carboxylic acids is 1. The van der Waals surface area contributed by atoms with Gasteiger partial charge in [-0.15, -0.1) is 0 Å². The molecule has 0 fully saturated rings. The fourth-order valence-corrected chi connectivity index (χ4v) is 2.87. The van der Waals surface area contributed by atoms with Crippen LogP contribution in [0.25, 0.3) is 0 Å². The molecule has 6 nitrogen and oxygen atoms in total. The molecule has 142 valence electrons. The molecule has 0 saturated carbocycles. The fraction of sp³-hybridized carbons (Fsp3) is 0.167. The monoisotopic (exact) mass is 430 g/mol. The first-order valence-corrected chi connectivity index (χ1v) is 8.78. The molecule has 0 spiro atoms.